The molecule has 0 atom stereocenters. The van der Waals surface area contributed by atoms with Gasteiger partial charge in [-0.3, -0.25) is 0 Å². The van der Waals surface area contributed by atoms with Gasteiger partial charge in [0.15, 0.2) is 0 Å². The maximum atomic E-state index is 13.6. The minimum Gasteiger partial charge on any atom is -0.492 e. The molecule has 0 spiro atoms. The first-order chi connectivity index (χ1) is 10.4. The molecule has 0 saturated heterocycles. The van der Waals surface area contributed by atoms with Crippen molar-refractivity contribution in [2.45, 2.75) is 11.8 Å². The van der Waals surface area contributed by atoms with Gasteiger partial charge in [-0.15, -0.1) is 0 Å². The van der Waals surface area contributed by atoms with Crippen molar-refractivity contribution >= 4 is 10.0 Å². The largest absolute Gasteiger partial charge is 0.492 e. The molecule has 2 rings (SSSR count). The van der Waals surface area contributed by atoms with Crippen molar-refractivity contribution in [2.75, 3.05) is 20.2 Å². The van der Waals surface area contributed by atoms with E-state index >= 15 is 0 Å². The van der Waals surface area contributed by atoms with E-state index in [0.717, 1.165) is 15.9 Å². The van der Waals surface area contributed by atoms with Gasteiger partial charge in [0.1, 0.15) is 23.1 Å². The Kier molecular flexibility index (Phi) is 5.15. The van der Waals surface area contributed by atoms with E-state index in [2.05, 4.69) is 0 Å². The Labute approximate surface area is 130 Å². The molecule has 0 aliphatic rings. The van der Waals surface area contributed by atoms with Crippen molar-refractivity contribution in [3.8, 4) is 5.75 Å². The average Bonchev–Trinajstić information content (AvgIpc) is 2.49. The highest BCUT2D eigenvalue weighted by Gasteiger charge is 2.23. The summed E-state index contributed by atoms with van der Waals surface area (Å²) in [5, 5.41) is 0. The highest BCUT2D eigenvalue weighted by molar-refractivity contribution is 7.89. The van der Waals surface area contributed by atoms with Crippen LogP contribution in [0.25, 0.3) is 0 Å². The summed E-state index contributed by atoms with van der Waals surface area (Å²) in [6.07, 6.45) is 0. The van der Waals surface area contributed by atoms with Gasteiger partial charge in [0, 0.05) is 13.6 Å². The van der Waals surface area contributed by atoms with Crippen LogP contribution in [0.3, 0.4) is 0 Å². The van der Waals surface area contributed by atoms with Crippen molar-refractivity contribution < 1.29 is 17.5 Å². The van der Waals surface area contributed by atoms with Crippen LogP contribution in [0.1, 0.15) is 5.56 Å². The summed E-state index contributed by atoms with van der Waals surface area (Å²) in [4.78, 5) is -0.326. The van der Waals surface area contributed by atoms with Gasteiger partial charge in [0.25, 0.3) is 0 Å². The second-order valence-corrected chi connectivity index (χ2v) is 6.88. The molecule has 0 aromatic heterocycles. The van der Waals surface area contributed by atoms with Crippen LogP contribution in [0.2, 0.25) is 0 Å². The Hall–Kier alpha value is -1.92. The molecule has 0 aliphatic carbocycles. The number of nitrogens with zero attached hydrogens (tertiary/aromatic N) is 1. The van der Waals surface area contributed by atoms with Crippen LogP contribution in [0.4, 0.5) is 4.39 Å². The number of ether oxygens (including phenoxy) is 1. The van der Waals surface area contributed by atoms with E-state index in [1.807, 2.05) is 31.2 Å². The van der Waals surface area contributed by atoms with Crippen LogP contribution >= 0.6 is 0 Å². The Morgan fingerprint density at radius 2 is 1.73 bits per heavy atom. The fourth-order valence-corrected chi connectivity index (χ4v) is 3.16. The van der Waals surface area contributed by atoms with Gasteiger partial charge >= 0.3 is 0 Å². The number of hydrogen-bond donors (Lipinski definition) is 0. The fourth-order valence-electron chi connectivity index (χ4n) is 1.94. The molecule has 6 heteroatoms. The van der Waals surface area contributed by atoms with E-state index in [4.69, 9.17) is 4.74 Å². The molecule has 0 saturated carbocycles. The number of aryl methyl sites for hydroxylation is 1. The van der Waals surface area contributed by atoms with Crippen molar-refractivity contribution in [1.82, 2.24) is 4.31 Å². The number of hydrogen-bond acceptors (Lipinski definition) is 3. The molecular formula is C16H18FNO3S. The summed E-state index contributed by atoms with van der Waals surface area (Å²) < 4.78 is 44.9. The molecule has 0 amide bonds. The summed E-state index contributed by atoms with van der Waals surface area (Å²) in [5.74, 6) is -0.0478. The zero-order valence-electron chi connectivity index (χ0n) is 12.5. The SMILES string of the molecule is Cc1ccccc1OCCN(C)S(=O)(=O)c1ccccc1F. The van der Waals surface area contributed by atoms with E-state index in [9.17, 15) is 12.8 Å². The van der Waals surface area contributed by atoms with Crippen molar-refractivity contribution in [1.29, 1.82) is 0 Å². The number of benzene rings is 2. The molecule has 0 aliphatic heterocycles. The van der Waals surface area contributed by atoms with E-state index in [1.165, 1.54) is 25.2 Å². The van der Waals surface area contributed by atoms with Gasteiger partial charge < -0.3 is 4.74 Å². The summed E-state index contributed by atoms with van der Waals surface area (Å²) in [6.45, 7) is 2.23. The molecular weight excluding hydrogens is 305 g/mol. The summed E-state index contributed by atoms with van der Waals surface area (Å²) in [6, 6.07) is 12.8. The lowest BCUT2D eigenvalue weighted by Crippen LogP contribution is -2.31. The third kappa shape index (κ3) is 3.64. The first kappa shape index (κ1) is 16.5. The molecule has 0 unspecified atom stereocenters. The molecule has 2 aromatic carbocycles. The Morgan fingerprint density at radius 3 is 2.41 bits per heavy atom. The number of likely N-dealkylation sites (N-methyl/N-ethyl adjacent to an activating group) is 1. The Bertz CT molecular complexity index is 747. The molecule has 2 aromatic rings. The van der Waals surface area contributed by atoms with E-state index in [-0.39, 0.29) is 18.0 Å². The molecule has 0 radical (unpaired) electrons. The van der Waals surface area contributed by atoms with Gasteiger partial charge in [-0.25, -0.2) is 12.8 Å². The normalized spacial score (nSPS) is 11.6. The predicted molar refractivity (Wildman–Crippen MR) is 82.9 cm³/mol. The zero-order valence-corrected chi connectivity index (χ0v) is 13.3. The van der Waals surface area contributed by atoms with E-state index in [0.29, 0.717) is 5.75 Å². The lowest BCUT2D eigenvalue weighted by molar-refractivity contribution is 0.285. The fraction of sp³-hybridized carbons (Fsp3) is 0.250. The minimum atomic E-state index is -3.86. The van der Waals surface area contributed by atoms with Gasteiger partial charge in [-0.2, -0.15) is 4.31 Å². The smallest absolute Gasteiger partial charge is 0.245 e. The lowest BCUT2D eigenvalue weighted by atomic mass is 10.2. The molecule has 22 heavy (non-hydrogen) atoms. The van der Waals surface area contributed by atoms with Crippen molar-refractivity contribution in [2.24, 2.45) is 0 Å². The summed E-state index contributed by atoms with van der Waals surface area (Å²) >= 11 is 0. The summed E-state index contributed by atoms with van der Waals surface area (Å²) in [7, 11) is -2.45. The van der Waals surface area contributed by atoms with Gasteiger partial charge in [0.2, 0.25) is 10.0 Å². The van der Waals surface area contributed by atoms with Crippen LogP contribution < -0.4 is 4.74 Å². The number of halogens is 1. The van der Waals surface area contributed by atoms with Crippen molar-refractivity contribution in [3.63, 3.8) is 0 Å². The third-order valence-electron chi connectivity index (χ3n) is 3.28. The molecule has 0 bridgehead atoms. The van der Waals surface area contributed by atoms with Crippen LogP contribution in [-0.4, -0.2) is 32.9 Å². The molecule has 4 nitrogen and oxygen atoms in total. The molecule has 0 heterocycles. The number of rotatable bonds is 6. The van der Waals surface area contributed by atoms with Gasteiger partial charge in [-0.1, -0.05) is 30.3 Å². The molecule has 118 valence electrons. The Morgan fingerprint density at radius 1 is 1.09 bits per heavy atom. The first-order valence-electron chi connectivity index (χ1n) is 6.82. The topological polar surface area (TPSA) is 46.6 Å². The van der Waals surface area contributed by atoms with Crippen molar-refractivity contribution in [3.05, 3.63) is 59.9 Å². The van der Waals surface area contributed by atoms with Crippen LogP contribution in [0.5, 0.6) is 5.75 Å². The number of sulfonamides is 1. The third-order valence-corrected chi connectivity index (χ3v) is 5.17. The molecule has 0 N–H and O–H groups in total. The van der Waals surface area contributed by atoms with Gasteiger partial charge in [-0.05, 0) is 30.7 Å². The van der Waals surface area contributed by atoms with Crippen LogP contribution in [0, 0.1) is 12.7 Å². The highest BCUT2D eigenvalue weighted by atomic mass is 32.2. The average molecular weight is 323 g/mol. The van der Waals surface area contributed by atoms with E-state index < -0.39 is 15.8 Å². The second-order valence-electron chi connectivity index (χ2n) is 4.87. The zero-order chi connectivity index (χ0) is 16.2. The quantitative estimate of drug-likeness (QED) is 0.821. The second kappa shape index (κ2) is 6.89. The first-order valence-corrected chi connectivity index (χ1v) is 8.26. The van der Waals surface area contributed by atoms with Gasteiger partial charge in [0.05, 0.1) is 0 Å². The highest BCUT2D eigenvalue weighted by Crippen LogP contribution is 2.19. The van der Waals surface area contributed by atoms with Crippen LogP contribution in [-0.2, 0) is 10.0 Å². The lowest BCUT2D eigenvalue weighted by Gasteiger charge is -2.18. The minimum absolute atomic E-state index is 0.130. The van der Waals surface area contributed by atoms with Crippen LogP contribution in [0.15, 0.2) is 53.4 Å². The monoisotopic (exact) mass is 323 g/mol. The van der Waals surface area contributed by atoms with E-state index in [1.54, 1.807) is 0 Å². The molecule has 0 fully saturated rings. The summed E-state index contributed by atoms with van der Waals surface area (Å²) in [5.41, 5.74) is 0.974. The number of para-hydroxylation sites is 1. The maximum absolute atomic E-state index is 13.6. The Balaban J connectivity index is 2.02. The predicted octanol–water partition coefficient (Wildman–Crippen LogP) is 2.83. The maximum Gasteiger partial charge on any atom is 0.245 e. The standard InChI is InChI=1S/C16H18FNO3S/c1-13-7-3-5-9-15(13)21-12-11-18(2)22(19,20)16-10-6-4-8-14(16)17/h3-10H,11-12H2,1-2H3.